The zero-order valence-electron chi connectivity index (χ0n) is 8.09. The Labute approximate surface area is 83.6 Å². The quantitative estimate of drug-likeness (QED) is 0.646. The predicted octanol–water partition coefficient (Wildman–Crippen LogP) is 2.86. The number of thioether (sulfide) groups is 1. The minimum absolute atomic E-state index is 0.570. The Balaban J connectivity index is 5.30. The van der Waals surface area contributed by atoms with Crippen molar-refractivity contribution in [2.45, 2.75) is 13.8 Å². The first kappa shape index (κ1) is 11.8. The van der Waals surface area contributed by atoms with E-state index in [0.29, 0.717) is 5.57 Å². The number of nitriles is 2. The van der Waals surface area contributed by atoms with Gasteiger partial charge in [-0.2, -0.15) is 10.5 Å². The monoisotopic (exact) mass is 192 g/mol. The summed E-state index contributed by atoms with van der Waals surface area (Å²) >= 11 is 1.48. The summed E-state index contributed by atoms with van der Waals surface area (Å²) in [7, 11) is 0. The fourth-order valence-electron chi connectivity index (χ4n) is 0.994. The molecule has 0 unspecified atom stereocenters. The lowest BCUT2D eigenvalue weighted by Crippen LogP contribution is -2.18. The first-order valence-corrected chi connectivity index (χ1v) is 5.02. The highest BCUT2D eigenvalue weighted by molar-refractivity contribution is 8.01. The molecule has 0 fully saturated rings. The van der Waals surface area contributed by atoms with E-state index in [4.69, 9.17) is 10.5 Å². The van der Waals surface area contributed by atoms with Gasteiger partial charge in [0.2, 0.25) is 0 Å². The third-order valence-corrected chi connectivity index (χ3v) is 2.45. The molecule has 0 aliphatic carbocycles. The molecule has 0 aliphatic rings. The van der Waals surface area contributed by atoms with Gasteiger partial charge in [0.15, 0.2) is 5.41 Å². The molecule has 0 bridgehead atoms. The molecule has 0 aliphatic heterocycles. The van der Waals surface area contributed by atoms with Crippen LogP contribution in [-0.4, -0.2) is 6.26 Å². The van der Waals surface area contributed by atoms with Gasteiger partial charge in [0.1, 0.15) is 0 Å². The summed E-state index contributed by atoms with van der Waals surface area (Å²) in [4.78, 5) is 0. The van der Waals surface area contributed by atoms with Crippen molar-refractivity contribution in [3.8, 4) is 12.1 Å². The van der Waals surface area contributed by atoms with Crippen molar-refractivity contribution in [2.24, 2.45) is 5.41 Å². The summed E-state index contributed by atoms with van der Waals surface area (Å²) in [6, 6.07) is 4.01. The van der Waals surface area contributed by atoms with Gasteiger partial charge >= 0.3 is 0 Å². The van der Waals surface area contributed by atoms with Crippen LogP contribution in [0.15, 0.2) is 23.1 Å². The van der Waals surface area contributed by atoms with E-state index in [2.05, 4.69) is 6.58 Å². The molecular weight excluding hydrogens is 180 g/mol. The highest BCUT2D eigenvalue weighted by Crippen LogP contribution is 2.33. The van der Waals surface area contributed by atoms with E-state index in [1.54, 1.807) is 19.3 Å². The predicted molar refractivity (Wildman–Crippen MR) is 55.7 cm³/mol. The molecule has 0 rings (SSSR count). The fourth-order valence-corrected chi connectivity index (χ4v) is 1.52. The van der Waals surface area contributed by atoms with Crippen molar-refractivity contribution in [2.75, 3.05) is 6.26 Å². The van der Waals surface area contributed by atoms with Crippen molar-refractivity contribution in [1.82, 2.24) is 0 Å². The van der Waals surface area contributed by atoms with Gasteiger partial charge in [-0.3, -0.25) is 0 Å². The van der Waals surface area contributed by atoms with Crippen LogP contribution in [0.2, 0.25) is 0 Å². The average Bonchev–Trinajstić information content (AvgIpc) is 2.07. The molecule has 0 aromatic heterocycles. The maximum absolute atomic E-state index is 8.96. The third-order valence-electron chi connectivity index (χ3n) is 1.86. The van der Waals surface area contributed by atoms with Crippen molar-refractivity contribution in [1.29, 1.82) is 10.5 Å². The fraction of sp³-hybridized carbons (Fsp3) is 0.400. The van der Waals surface area contributed by atoms with Crippen LogP contribution in [-0.2, 0) is 0 Å². The van der Waals surface area contributed by atoms with Crippen LogP contribution < -0.4 is 0 Å². The Morgan fingerprint density at radius 2 is 1.85 bits per heavy atom. The summed E-state index contributed by atoms with van der Waals surface area (Å²) in [5, 5.41) is 19.7. The molecule has 0 atom stereocenters. The van der Waals surface area contributed by atoms with E-state index in [1.165, 1.54) is 11.8 Å². The van der Waals surface area contributed by atoms with Gasteiger partial charge in [-0.1, -0.05) is 6.58 Å². The molecular formula is C10H12N2S. The summed E-state index contributed by atoms with van der Waals surface area (Å²) in [6.07, 6.45) is 1.89. The minimum atomic E-state index is -1.15. The van der Waals surface area contributed by atoms with Crippen molar-refractivity contribution < 1.29 is 0 Å². The molecule has 0 spiro atoms. The van der Waals surface area contributed by atoms with Crippen LogP contribution in [0.3, 0.4) is 0 Å². The van der Waals surface area contributed by atoms with Crippen molar-refractivity contribution in [3.63, 3.8) is 0 Å². The highest BCUT2D eigenvalue weighted by Gasteiger charge is 2.33. The van der Waals surface area contributed by atoms with E-state index in [9.17, 15) is 0 Å². The summed E-state index contributed by atoms with van der Waals surface area (Å²) in [5.74, 6) is 0. The zero-order valence-corrected chi connectivity index (χ0v) is 8.90. The van der Waals surface area contributed by atoms with Gasteiger partial charge in [0.25, 0.3) is 0 Å². The van der Waals surface area contributed by atoms with Gasteiger partial charge in [-0.25, -0.2) is 0 Å². The highest BCUT2D eigenvalue weighted by atomic mass is 32.2. The minimum Gasteiger partial charge on any atom is -0.196 e. The Morgan fingerprint density at radius 3 is 2.08 bits per heavy atom. The lowest BCUT2D eigenvalue weighted by atomic mass is 9.79. The Kier molecular flexibility index (Phi) is 4.31. The summed E-state index contributed by atoms with van der Waals surface area (Å²) in [6.45, 7) is 7.15. The van der Waals surface area contributed by atoms with Gasteiger partial charge in [0.05, 0.1) is 12.1 Å². The van der Waals surface area contributed by atoms with Gasteiger partial charge in [-0.05, 0) is 36.7 Å². The average molecular weight is 192 g/mol. The van der Waals surface area contributed by atoms with Crippen LogP contribution in [0.4, 0.5) is 0 Å². The standard InChI is InChI=1S/C10H12N2S/c1-8(2)10(6-11,7-12)9(3)5-13-4/h5H,1H2,2-4H3/b9-5+. The zero-order chi connectivity index (χ0) is 10.5. The van der Waals surface area contributed by atoms with Crippen molar-refractivity contribution in [3.05, 3.63) is 23.1 Å². The molecule has 0 aromatic carbocycles. The van der Waals surface area contributed by atoms with Crippen LogP contribution in [0.5, 0.6) is 0 Å². The molecule has 0 saturated carbocycles. The van der Waals surface area contributed by atoms with E-state index in [0.717, 1.165) is 5.57 Å². The van der Waals surface area contributed by atoms with E-state index < -0.39 is 5.41 Å². The third kappa shape index (κ3) is 2.14. The smallest absolute Gasteiger partial charge is 0.185 e. The van der Waals surface area contributed by atoms with E-state index in [1.807, 2.05) is 18.4 Å². The normalized spacial score (nSPS) is 11.6. The number of rotatable bonds is 3. The molecule has 68 valence electrons. The van der Waals surface area contributed by atoms with Gasteiger partial charge < -0.3 is 0 Å². The summed E-state index contributed by atoms with van der Waals surface area (Å²) in [5.41, 5.74) is 0.154. The van der Waals surface area contributed by atoms with Gasteiger partial charge in [0, 0.05) is 0 Å². The van der Waals surface area contributed by atoms with Crippen LogP contribution in [0, 0.1) is 28.1 Å². The summed E-state index contributed by atoms with van der Waals surface area (Å²) < 4.78 is 0. The van der Waals surface area contributed by atoms with E-state index in [-0.39, 0.29) is 0 Å². The largest absolute Gasteiger partial charge is 0.196 e. The second-order valence-corrected chi connectivity index (χ2v) is 3.50. The second kappa shape index (κ2) is 4.74. The Morgan fingerprint density at radius 1 is 1.38 bits per heavy atom. The van der Waals surface area contributed by atoms with Crippen LogP contribution in [0.1, 0.15) is 13.8 Å². The lowest BCUT2D eigenvalue weighted by Gasteiger charge is -2.19. The van der Waals surface area contributed by atoms with Gasteiger partial charge in [-0.15, -0.1) is 11.8 Å². The molecule has 0 heterocycles. The SMILES string of the molecule is C=C(C)C(C#N)(C#N)/C(C)=C/SC. The molecule has 0 saturated heterocycles. The Bertz CT molecular complexity index is 301. The molecule has 0 amide bonds. The van der Waals surface area contributed by atoms with Crippen LogP contribution >= 0.6 is 11.8 Å². The topological polar surface area (TPSA) is 47.6 Å². The van der Waals surface area contributed by atoms with E-state index >= 15 is 0 Å². The molecule has 0 N–H and O–H groups in total. The lowest BCUT2D eigenvalue weighted by molar-refractivity contribution is 0.737. The molecule has 0 radical (unpaired) electrons. The molecule has 3 heteroatoms. The maximum atomic E-state index is 8.96. The maximum Gasteiger partial charge on any atom is 0.185 e. The number of allylic oxidation sites excluding steroid dienone is 2. The number of nitrogens with zero attached hydrogens (tertiary/aromatic N) is 2. The molecule has 2 nitrogen and oxygen atoms in total. The number of hydrogen-bond donors (Lipinski definition) is 0. The first-order valence-electron chi connectivity index (χ1n) is 3.73. The van der Waals surface area contributed by atoms with Crippen LogP contribution in [0.25, 0.3) is 0 Å². The molecule has 0 aromatic rings. The molecule has 13 heavy (non-hydrogen) atoms. The second-order valence-electron chi connectivity index (χ2n) is 2.79. The number of hydrogen-bond acceptors (Lipinski definition) is 3. The Hall–Kier alpha value is -1.19. The first-order chi connectivity index (χ1) is 6.05. The van der Waals surface area contributed by atoms with Crippen molar-refractivity contribution >= 4 is 11.8 Å².